The average Bonchev–Trinajstić information content (AvgIpc) is 2.89. The number of nitrogens with one attached hydrogen (secondary N) is 1. The predicted molar refractivity (Wildman–Crippen MR) is 153 cm³/mol. The zero-order valence-electron chi connectivity index (χ0n) is 21.6. The van der Waals surface area contributed by atoms with E-state index in [0.29, 0.717) is 22.8 Å². The van der Waals surface area contributed by atoms with E-state index < -0.39 is 40.2 Å². The van der Waals surface area contributed by atoms with Crippen LogP contribution in [0.3, 0.4) is 0 Å². The zero-order chi connectivity index (χ0) is 28.6. The van der Waals surface area contributed by atoms with E-state index in [-0.39, 0.29) is 28.7 Å². The van der Waals surface area contributed by atoms with E-state index in [0.717, 1.165) is 17.9 Å². The van der Waals surface area contributed by atoms with Gasteiger partial charge in [-0.2, -0.15) is 0 Å². The standard InChI is InChI=1S/C28H30Cl2FN3O4S/c1-3-16-32-28(36)26(17-20-10-5-4-6-11-20)33(18-21-22(29)12-9-13-23(21)30)27(35)19-34(39(2,37)38)25-15-8-7-14-24(25)31/h4-15,26H,3,16-19H2,1-2H3,(H,32,36)/t26-/m0/s1. The summed E-state index contributed by atoms with van der Waals surface area (Å²) in [6.07, 6.45) is 1.70. The second-order valence-electron chi connectivity index (χ2n) is 8.94. The molecule has 0 bridgehead atoms. The molecule has 0 aromatic heterocycles. The first kappa shape index (κ1) is 30.4. The van der Waals surface area contributed by atoms with Crippen LogP contribution in [0.5, 0.6) is 0 Å². The Hall–Kier alpha value is -3.14. The number of amides is 2. The highest BCUT2D eigenvalue weighted by molar-refractivity contribution is 7.92. The number of hydrogen-bond acceptors (Lipinski definition) is 4. The van der Waals surface area contributed by atoms with Crippen LogP contribution in [0.1, 0.15) is 24.5 Å². The molecule has 1 N–H and O–H groups in total. The van der Waals surface area contributed by atoms with Crippen molar-refractivity contribution in [3.8, 4) is 0 Å². The fraction of sp³-hybridized carbons (Fsp3) is 0.286. The van der Waals surface area contributed by atoms with E-state index in [1.54, 1.807) is 18.2 Å². The largest absolute Gasteiger partial charge is 0.354 e. The van der Waals surface area contributed by atoms with E-state index >= 15 is 0 Å². The highest BCUT2D eigenvalue weighted by atomic mass is 35.5. The van der Waals surface area contributed by atoms with Crippen molar-refractivity contribution in [1.29, 1.82) is 0 Å². The molecule has 3 aromatic carbocycles. The Labute approximate surface area is 238 Å². The number of para-hydroxylation sites is 1. The molecule has 0 aliphatic carbocycles. The lowest BCUT2D eigenvalue weighted by Crippen LogP contribution is -2.53. The number of hydrogen-bond donors (Lipinski definition) is 1. The van der Waals surface area contributed by atoms with Crippen LogP contribution in [-0.4, -0.2) is 50.5 Å². The minimum atomic E-state index is -4.08. The van der Waals surface area contributed by atoms with Gasteiger partial charge in [-0.1, -0.05) is 78.7 Å². The van der Waals surface area contributed by atoms with Gasteiger partial charge in [-0.25, -0.2) is 12.8 Å². The quantitative estimate of drug-likeness (QED) is 0.318. The average molecular weight is 595 g/mol. The van der Waals surface area contributed by atoms with Crippen molar-refractivity contribution in [3.05, 3.63) is 99.8 Å². The molecule has 0 spiro atoms. The van der Waals surface area contributed by atoms with Gasteiger partial charge in [0.2, 0.25) is 21.8 Å². The molecular weight excluding hydrogens is 564 g/mol. The van der Waals surface area contributed by atoms with E-state index in [1.807, 2.05) is 37.3 Å². The molecule has 2 amide bonds. The number of anilines is 1. The molecule has 7 nitrogen and oxygen atoms in total. The molecule has 0 aliphatic rings. The van der Waals surface area contributed by atoms with Crippen molar-refractivity contribution in [2.75, 3.05) is 23.7 Å². The van der Waals surface area contributed by atoms with Gasteiger partial charge in [0.05, 0.1) is 11.9 Å². The van der Waals surface area contributed by atoms with Crippen molar-refractivity contribution in [1.82, 2.24) is 10.2 Å². The van der Waals surface area contributed by atoms with Gasteiger partial charge in [0, 0.05) is 35.1 Å². The summed E-state index contributed by atoms with van der Waals surface area (Å²) in [5.74, 6) is -1.96. The van der Waals surface area contributed by atoms with Crippen LogP contribution in [-0.2, 0) is 32.6 Å². The summed E-state index contributed by atoms with van der Waals surface area (Å²) in [4.78, 5) is 28.7. The summed E-state index contributed by atoms with van der Waals surface area (Å²) in [7, 11) is -4.08. The monoisotopic (exact) mass is 593 g/mol. The fourth-order valence-electron chi connectivity index (χ4n) is 4.02. The van der Waals surface area contributed by atoms with Crippen molar-refractivity contribution in [2.45, 2.75) is 32.4 Å². The number of nitrogens with zero attached hydrogens (tertiary/aromatic N) is 2. The maximum Gasteiger partial charge on any atom is 0.244 e. The van der Waals surface area contributed by atoms with Gasteiger partial charge < -0.3 is 10.2 Å². The first-order chi connectivity index (χ1) is 18.5. The molecule has 0 fully saturated rings. The van der Waals surface area contributed by atoms with Crippen molar-refractivity contribution in [3.63, 3.8) is 0 Å². The van der Waals surface area contributed by atoms with E-state index in [2.05, 4.69) is 5.32 Å². The molecule has 3 aromatic rings. The predicted octanol–water partition coefficient (Wildman–Crippen LogP) is 5.06. The Morgan fingerprint density at radius 1 is 0.949 bits per heavy atom. The topological polar surface area (TPSA) is 86.8 Å². The smallest absolute Gasteiger partial charge is 0.244 e. The Morgan fingerprint density at radius 3 is 2.15 bits per heavy atom. The van der Waals surface area contributed by atoms with Gasteiger partial charge in [-0.3, -0.25) is 13.9 Å². The Morgan fingerprint density at radius 2 is 1.56 bits per heavy atom. The number of rotatable bonds is 12. The summed E-state index contributed by atoms with van der Waals surface area (Å²) in [6, 6.07) is 18.2. The van der Waals surface area contributed by atoms with Crippen LogP contribution in [0.4, 0.5) is 10.1 Å². The molecule has 208 valence electrons. The highest BCUT2D eigenvalue weighted by Gasteiger charge is 2.34. The second-order valence-corrected chi connectivity index (χ2v) is 11.7. The second kappa shape index (κ2) is 13.8. The van der Waals surface area contributed by atoms with Gasteiger partial charge in [0.15, 0.2) is 0 Å². The number of benzene rings is 3. The van der Waals surface area contributed by atoms with Crippen LogP contribution in [0.25, 0.3) is 0 Å². The number of carbonyl (C=O) groups is 2. The van der Waals surface area contributed by atoms with Crippen molar-refractivity contribution < 1.29 is 22.4 Å². The molecule has 0 heterocycles. The molecule has 0 unspecified atom stereocenters. The fourth-order valence-corrected chi connectivity index (χ4v) is 5.39. The number of sulfonamides is 1. The summed E-state index contributed by atoms with van der Waals surface area (Å²) in [5, 5.41) is 3.40. The molecule has 0 radical (unpaired) electrons. The summed E-state index contributed by atoms with van der Waals surface area (Å²) < 4.78 is 40.8. The van der Waals surface area contributed by atoms with E-state index in [4.69, 9.17) is 23.2 Å². The van der Waals surface area contributed by atoms with Crippen LogP contribution >= 0.6 is 23.2 Å². The molecule has 0 saturated carbocycles. The number of halogens is 3. The maximum atomic E-state index is 14.7. The molecular formula is C28H30Cl2FN3O4S. The summed E-state index contributed by atoms with van der Waals surface area (Å²) in [5.41, 5.74) is 0.901. The van der Waals surface area contributed by atoms with Gasteiger partial charge >= 0.3 is 0 Å². The van der Waals surface area contributed by atoms with Gasteiger partial charge in [-0.05, 0) is 36.2 Å². The molecule has 0 aliphatic heterocycles. The minimum Gasteiger partial charge on any atom is -0.354 e. The van der Waals surface area contributed by atoms with E-state index in [9.17, 15) is 22.4 Å². The van der Waals surface area contributed by atoms with Crippen LogP contribution < -0.4 is 9.62 Å². The lowest BCUT2D eigenvalue weighted by atomic mass is 10.0. The lowest BCUT2D eigenvalue weighted by molar-refractivity contribution is -0.140. The van der Waals surface area contributed by atoms with Crippen LogP contribution in [0, 0.1) is 5.82 Å². The minimum absolute atomic E-state index is 0.142. The lowest BCUT2D eigenvalue weighted by Gasteiger charge is -2.34. The Bertz CT molecular complexity index is 1390. The maximum absolute atomic E-state index is 14.7. The third-order valence-electron chi connectivity index (χ3n) is 6.01. The van der Waals surface area contributed by atoms with Crippen molar-refractivity contribution >= 4 is 50.7 Å². The number of carbonyl (C=O) groups excluding carboxylic acids is 2. The molecule has 3 rings (SSSR count). The Kier molecular flexibility index (Phi) is 10.7. The summed E-state index contributed by atoms with van der Waals surface area (Å²) >= 11 is 12.8. The summed E-state index contributed by atoms with van der Waals surface area (Å²) in [6.45, 7) is 1.36. The van der Waals surface area contributed by atoms with Gasteiger partial charge in [-0.15, -0.1) is 0 Å². The van der Waals surface area contributed by atoms with E-state index in [1.165, 1.54) is 23.1 Å². The molecule has 39 heavy (non-hydrogen) atoms. The third kappa shape index (κ3) is 8.17. The third-order valence-corrected chi connectivity index (χ3v) is 7.85. The SMILES string of the molecule is CCCNC(=O)[C@H](Cc1ccccc1)N(Cc1c(Cl)cccc1Cl)C(=O)CN(c1ccccc1F)S(C)(=O)=O. The highest BCUT2D eigenvalue weighted by Crippen LogP contribution is 2.28. The zero-order valence-corrected chi connectivity index (χ0v) is 23.9. The Balaban J connectivity index is 2.10. The molecule has 0 saturated heterocycles. The van der Waals surface area contributed by atoms with Gasteiger partial charge in [0.1, 0.15) is 18.4 Å². The first-order valence-corrected chi connectivity index (χ1v) is 14.9. The van der Waals surface area contributed by atoms with Gasteiger partial charge in [0.25, 0.3) is 0 Å². The van der Waals surface area contributed by atoms with Crippen LogP contribution in [0.15, 0.2) is 72.8 Å². The molecule has 1 atom stereocenters. The normalized spacial score (nSPS) is 12.0. The van der Waals surface area contributed by atoms with Crippen LogP contribution in [0.2, 0.25) is 10.0 Å². The first-order valence-electron chi connectivity index (χ1n) is 12.3. The van der Waals surface area contributed by atoms with Crippen molar-refractivity contribution in [2.24, 2.45) is 0 Å². The molecule has 11 heteroatoms.